The monoisotopic (exact) mass is 258 g/mol. The molecule has 0 fully saturated rings. The van der Waals surface area contributed by atoms with Gasteiger partial charge in [0.05, 0.1) is 6.61 Å². The van der Waals surface area contributed by atoms with E-state index in [2.05, 4.69) is 14.5 Å². The molecule has 0 amide bonds. The van der Waals surface area contributed by atoms with E-state index < -0.39 is 28.8 Å². The maximum absolute atomic E-state index is 13.3. The second-order valence-electron chi connectivity index (χ2n) is 3.22. The molecule has 1 unspecified atom stereocenters. The lowest BCUT2D eigenvalue weighted by molar-refractivity contribution is -0.390. The maximum Gasteiger partial charge on any atom is 0.406 e. The van der Waals surface area contributed by atoms with E-state index in [4.69, 9.17) is 0 Å². The summed E-state index contributed by atoms with van der Waals surface area (Å²) >= 11 is 0. The van der Waals surface area contributed by atoms with Crippen molar-refractivity contribution in [1.29, 1.82) is 0 Å². The smallest absolute Gasteiger partial charge is 0.406 e. The SMILES string of the molecule is CCOC(=O)C(F)Oc1ccc(C)nc1[N+](=O)[O-]. The molecule has 1 aromatic heterocycles. The maximum atomic E-state index is 13.3. The fourth-order valence-electron chi connectivity index (χ4n) is 1.12. The summed E-state index contributed by atoms with van der Waals surface area (Å²) in [7, 11) is 0. The van der Waals surface area contributed by atoms with Crippen LogP contribution in [0.5, 0.6) is 5.75 Å². The molecule has 7 nitrogen and oxygen atoms in total. The zero-order chi connectivity index (χ0) is 13.7. The first-order valence-electron chi connectivity index (χ1n) is 5.05. The summed E-state index contributed by atoms with van der Waals surface area (Å²) in [4.78, 5) is 24.4. The highest BCUT2D eigenvalue weighted by Gasteiger charge is 2.26. The van der Waals surface area contributed by atoms with E-state index in [9.17, 15) is 19.3 Å². The first kappa shape index (κ1) is 13.8. The zero-order valence-electron chi connectivity index (χ0n) is 9.75. The number of aryl methyl sites for hydroxylation is 1. The molecule has 18 heavy (non-hydrogen) atoms. The van der Waals surface area contributed by atoms with Gasteiger partial charge in [0.15, 0.2) is 0 Å². The Morgan fingerprint density at radius 3 is 2.83 bits per heavy atom. The molecule has 0 radical (unpaired) electrons. The number of hydrogen-bond donors (Lipinski definition) is 0. The summed E-state index contributed by atoms with van der Waals surface area (Å²) in [5.74, 6) is -2.32. The van der Waals surface area contributed by atoms with E-state index in [1.807, 2.05) is 0 Å². The highest BCUT2D eigenvalue weighted by Crippen LogP contribution is 2.25. The van der Waals surface area contributed by atoms with Crippen LogP contribution in [-0.4, -0.2) is 28.8 Å². The third-order valence-electron chi connectivity index (χ3n) is 1.85. The first-order valence-corrected chi connectivity index (χ1v) is 5.05. The Bertz CT molecular complexity index is 466. The number of halogens is 1. The fourth-order valence-corrected chi connectivity index (χ4v) is 1.12. The molecule has 0 saturated heterocycles. The molecule has 0 spiro atoms. The van der Waals surface area contributed by atoms with E-state index >= 15 is 0 Å². The molecule has 1 rings (SSSR count). The number of carbonyl (C=O) groups is 1. The molecule has 1 atom stereocenters. The van der Waals surface area contributed by atoms with Crippen LogP contribution in [0, 0.1) is 17.0 Å². The van der Waals surface area contributed by atoms with Gasteiger partial charge in [-0.3, -0.25) is 0 Å². The summed E-state index contributed by atoms with van der Waals surface area (Å²) in [5, 5.41) is 10.7. The van der Waals surface area contributed by atoms with Crippen LogP contribution in [0.25, 0.3) is 0 Å². The van der Waals surface area contributed by atoms with Gasteiger partial charge in [0.1, 0.15) is 5.69 Å². The Balaban J connectivity index is 2.90. The molecule has 0 aliphatic heterocycles. The van der Waals surface area contributed by atoms with Crippen molar-refractivity contribution >= 4 is 11.8 Å². The predicted octanol–water partition coefficient (Wildman–Crippen LogP) is 1.54. The number of esters is 1. The van der Waals surface area contributed by atoms with Crippen LogP contribution in [0.1, 0.15) is 12.6 Å². The topological polar surface area (TPSA) is 91.6 Å². The summed E-state index contributed by atoms with van der Waals surface area (Å²) in [6, 6.07) is 2.58. The minimum Gasteiger partial charge on any atom is -0.461 e. The number of nitrogens with zero attached hydrogens (tertiary/aromatic N) is 2. The molecule has 0 aliphatic rings. The normalized spacial score (nSPS) is 11.7. The van der Waals surface area contributed by atoms with Crippen molar-refractivity contribution in [2.75, 3.05) is 6.61 Å². The molecule has 8 heteroatoms. The number of rotatable bonds is 5. The number of pyridine rings is 1. The molecule has 0 aliphatic carbocycles. The van der Waals surface area contributed by atoms with Gasteiger partial charge in [-0.05, 0) is 29.0 Å². The molecular formula is C10H11FN2O5. The summed E-state index contributed by atoms with van der Waals surface area (Å²) < 4.78 is 22.2. The highest BCUT2D eigenvalue weighted by molar-refractivity contribution is 5.73. The van der Waals surface area contributed by atoms with Crippen molar-refractivity contribution in [2.24, 2.45) is 0 Å². The molecule has 1 heterocycles. The zero-order valence-corrected chi connectivity index (χ0v) is 9.75. The van der Waals surface area contributed by atoms with E-state index in [0.29, 0.717) is 5.69 Å². The Morgan fingerprint density at radius 2 is 2.28 bits per heavy atom. The molecule has 1 aromatic rings. The molecule has 0 aromatic carbocycles. The Hall–Kier alpha value is -2.25. The number of nitro groups is 1. The van der Waals surface area contributed by atoms with E-state index in [-0.39, 0.29) is 6.61 Å². The largest absolute Gasteiger partial charge is 0.461 e. The molecule has 0 saturated carbocycles. The third kappa shape index (κ3) is 3.37. The van der Waals surface area contributed by atoms with Crippen LogP contribution in [-0.2, 0) is 9.53 Å². The van der Waals surface area contributed by atoms with E-state index in [1.54, 1.807) is 0 Å². The summed E-state index contributed by atoms with van der Waals surface area (Å²) in [6.45, 7) is 3.02. The minimum absolute atomic E-state index is 0.0170. The van der Waals surface area contributed by atoms with Crippen molar-refractivity contribution in [3.05, 3.63) is 27.9 Å². The van der Waals surface area contributed by atoms with Crippen molar-refractivity contribution < 1.29 is 23.6 Å². The van der Waals surface area contributed by atoms with Crippen molar-refractivity contribution in [3.63, 3.8) is 0 Å². The van der Waals surface area contributed by atoms with Crippen molar-refractivity contribution in [3.8, 4) is 5.75 Å². The number of alkyl halides is 1. The predicted molar refractivity (Wildman–Crippen MR) is 57.8 cm³/mol. The second kappa shape index (κ2) is 5.89. The van der Waals surface area contributed by atoms with Crippen LogP contribution >= 0.6 is 0 Å². The second-order valence-corrected chi connectivity index (χ2v) is 3.22. The van der Waals surface area contributed by atoms with Gasteiger partial charge in [-0.15, -0.1) is 0 Å². The molecule has 0 N–H and O–H groups in total. The van der Waals surface area contributed by atoms with Gasteiger partial charge in [0.2, 0.25) is 5.75 Å². The van der Waals surface area contributed by atoms with Crippen LogP contribution in [0.15, 0.2) is 12.1 Å². The van der Waals surface area contributed by atoms with Crippen LogP contribution in [0.3, 0.4) is 0 Å². The van der Waals surface area contributed by atoms with Crippen molar-refractivity contribution in [1.82, 2.24) is 4.98 Å². The van der Waals surface area contributed by atoms with Gasteiger partial charge in [-0.1, -0.05) is 0 Å². The van der Waals surface area contributed by atoms with Crippen LogP contribution in [0.4, 0.5) is 10.2 Å². The highest BCUT2D eigenvalue weighted by atomic mass is 19.1. The average molecular weight is 258 g/mol. The lowest BCUT2D eigenvalue weighted by Crippen LogP contribution is -2.25. The van der Waals surface area contributed by atoms with E-state index in [1.165, 1.54) is 26.0 Å². The van der Waals surface area contributed by atoms with Gasteiger partial charge < -0.3 is 19.6 Å². The lowest BCUT2D eigenvalue weighted by Gasteiger charge is -2.09. The molecule has 0 bridgehead atoms. The van der Waals surface area contributed by atoms with Gasteiger partial charge >= 0.3 is 18.1 Å². The Labute approximate surface area is 102 Å². The minimum atomic E-state index is -2.42. The number of hydrogen-bond acceptors (Lipinski definition) is 6. The van der Waals surface area contributed by atoms with E-state index in [0.717, 1.165) is 0 Å². The van der Waals surface area contributed by atoms with Gasteiger partial charge in [0, 0.05) is 6.92 Å². The first-order chi connectivity index (χ1) is 8.45. The van der Waals surface area contributed by atoms with Crippen LogP contribution < -0.4 is 4.74 Å². The lowest BCUT2D eigenvalue weighted by atomic mass is 10.3. The molecule has 98 valence electrons. The van der Waals surface area contributed by atoms with Crippen molar-refractivity contribution in [2.45, 2.75) is 20.2 Å². The molecular weight excluding hydrogens is 247 g/mol. The number of ether oxygens (including phenoxy) is 2. The van der Waals surface area contributed by atoms with Gasteiger partial charge in [-0.2, -0.15) is 4.39 Å². The summed E-state index contributed by atoms with van der Waals surface area (Å²) in [6.07, 6.45) is -2.42. The quantitative estimate of drug-likeness (QED) is 0.452. The third-order valence-corrected chi connectivity index (χ3v) is 1.85. The Kier molecular flexibility index (Phi) is 4.52. The average Bonchev–Trinajstić information content (AvgIpc) is 2.31. The van der Waals surface area contributed by atoms with Gasteiger partial charge in [-0.25, -0.2) is 4.79 Å². The number of aromatic nitrogens is 1. The number of carbonyl (C=O) groups excluding carboxylic acids is 1. The van der Waals surface area contributed by atoms with Crippen LogP contribution in [0.2, 0.25) is 0 Å². The Morgan fingerprint density at radius 1 is 1.61 bits per heavy atom. The summed E-state index contributed by atoms with van der Waals surface area (Å²) in [5.41, 5.74) is 0.376. The fraction of sp³-hybridized carbons (Fsp3) is 0.400. The standard InChI is InChI=1S/C10H11FN2O5/c1-3-17-10(14)8(11)18-7-5-4-6(2)12-9(7)13(15)16/h4-5,8H,3H2,1-2H3. The van der Waals surface area contributed by atoms with Gasteiger partial charge in [0.25, 0.3) is 0 Å².